The van der Waals surface area contributed by atoms with Crippen LogP contribution in [-0.4, -0.2) is 9.97 Å². The second kappa shape index (κ2) is 11.9. The van der Waals surface area contributed by atoms with Crippen LogP contribution in [0.2, 0.25) is 0 Å². The number of furan rings is 1. The molecule has 3 heteroatoms. The highest BCUT2D eigenvalue weighted by Gasteiger charge is 2.34. The quantitative estimate of drug-likeness (QED) is 0.182. The van der Waals surface area contributed by atoms with E-state index >= 15 is 0 Å². The van der Waals surface area contributed by atoms with Gasteiger partial charge in [-0.15, -0.1) is 0 Å². The van der Waals surface area contributed by atoms with Crippen LogP contribution in [0.25, 0.3) is 72.5 Å². The Morgan fingerprint density at radius 2 is 1.28 bits per heavy atom. The third-order valence-corrected chi connectivity index (χ3v) is 11.0. The number of fused-ring (bicyclic) bond motifs is 3. The van der Waals surface area contributed by atoms with Crippen LogP contribution in [0.1, 0.15) is 12.0 Å². The summed E-state index contributed by atoms with van der Waals surface area (Å²) >= 11 is 0. The summed E-state index contributed by atoms with van der Waals surface area (Å²) in [6.07, 6.45) is 19.4. The molecule has 4 aliphatic carbocycles. The first-order chi connectivity index (χ1) is 26.3. The van der Waals surface area contributed by atoms with Gasteiger partial charge in [0.2, 0.25) is 0 Å². The van der Waals surface area contributed by atoms with Gasteiger partial charge in [0.25, 0.3) is 0 Å². The summed E-state index contributed by atoms with van der Waals surface area (Å²) in [6, 6.07) is 44.4. The van der Waals surface area contributed by atoms with E-state index in [1.807, 2.05) is 24.3 Å². The van der Waals surface area contributed by atoms with Crippen molar-refractivity contribution in [3.63, 3.8) is 0 Å². The molecule has 0 saturated carbocycles. The molecule has 0 spiro atoms. The summed E-state index contributed by atoms with van der Waals surface area (Å²) in [7, 11) is 0. The van der Waals surface area contributed by atoms with Crippen molar-refractivity contribution in [2.24, 2.45) is 5.92 Å². The van der Waals surface area contributed by atoms with E-state index in [1.165, 1.54) is 39.0 Å². The molecule has 0 amide bonds. The molecular formula is C50H32N2O. The van der Waals surface area contributed by atoms with Gasteiger partial charge in [0, 0.05) is 33.4 Å². The molecule has 0 fully saturated rings. The molecule has 5 aromatic carbocycles. The molecule has 0 aliphatic heterocycles. The average Bonchev–Trinajstić information content (AvgIpc) is 3.62. The maximum Gasteiger partial charge on any atom is 0.161 e. The SMILES string of the molecule is C1=CC2=C3C(=CC=C4C=CC(c5ccc(-c6ccc7oc8ccccc8c7c6-c6nc(-c7ccccc7)cc(-c7ccccc7)n6)cc5)=C(C=C2)C43)C1. The van der Waals surface area contributed by atoms with E-state index in [-0.39, 0.29) is 5.92 Å². The molecule has 0 radical (unpaired) electrons. The van der Waals surface area contributed by atoms with Crippen LogP contribution in [0.5, 0.6) is 0 Å². The average molecular weight is 677 g/mol. The zero-order valence-corrected chi connectivity index (χ0v) is 28.8. The summed E-state index contributed by atoms with van der Waals surface area (Å²) < 4.78 is 6.45. The standard InChI is InChI=1S/C50H32N2O/c1-3-10-33(11-4-1)42-30-43(34-12-5-2-6-13-34)52-50(51-42)49-39(28-29-45-48(49)41-16-7-8-17-44(41)53-45)32-20-18-31(19-21-32)38-26-24-37-23-22-35-14-9-15-36-25-27-40(38)47(37)46(35)36/h1-13,15-30,47H,14H2. The fourth-order valence-corrected chi connectivity index (χ4v) is 8.55. The number of para-hydroxylation sites is 1. The van der Waals surface area contributed by atoms with Gasteiger partial charge in [0.15, 0.2) is 5.82 Å². The Kier molecular flexibility index (Phi) is 6.68. The molecule has 7 aromatic rings. The minimum absolute atomic E-state index is 0.288. The van der Waals surface area contributed by atoms with Crippen molar-refractivity contribution in [2.45, 2.75) is 6.42 Å². The molecule has 2 heterocycles. The Labute approximate surface area is 307 Å². The maximum atomic E-state index is 6.45. The van der Waals surface area contributed by atoms with E-state index in [9.17, 15) is 0 Å². The number of aromatic nitrogens is 2. The van der Waals surface area contributed by atoms with Crippen molar-refractivity contribution in [3.8, 4) is 45.0 Å². The Balaban J connectivity index is 1.10. The van der Waals surface area contributed by atoms with Gasteiger partial charge in [-0.3, -0.25) is 0 Å². The highest BCUT2D eigenvalue weighted by molar-refractivity contribution is 6.15. The Morgan fingerprint density at radius 3 is 2.06 bits per heavy atom. The topological polar surface area (TPSA) is 38.9 Å². The molecule has 248 valence electrons. The summed E-state index contributed by atoms with van der Waals surface area (Å²) in [5.74, 6) is 0.955. The number of hydrogen-bond donors (Lipinski definition) is 0. The van der Waals surface area contributed by atoms with E-state index < -0.39 is 0 Å². The van der Waals surface area contributed by atoms with Crippen molar-refractivity contribution >= 4 is 27.5 Å². The monoisotopic (exact) mass is 676 g/mol. The molecule has 0 saturated heterocycles. The number of hydrogen-bond acceptors (Lipinski definition) is 3. The Bertz CT molecular complexity index is 2820. The third kappa shape index (κ3) is 4.82. The molecule has 1 atom stereocenters. The van der Waals surface area contributed by atoms with Gasteiger partial charge < -0.3 is 4.42 Å². The molecule has 11 rings (SSSR count). The van der Waals surface area contributed by atoms with Gasteiger partial charge in [-0.2, -0.15) is 0 Å². The second-order valence-corrected chi connectivity index (χ2v) is 14.0. The number of nitrogens with zero attached hydrogens (tertiary/aromatic N) is 2. The van der Waals surface area contributed by atoms with Gasteiger partial charge in [0.05, 0.1) is 11.4 Å². The summed E-state index contributed by atoms with van der Waals surface area (Å²) in [5.41, 5.74) is 18.1. The van der Waals surface area contributed by atoms with E-state index in [0.717, 1.165) is 67.6 Å². The molecule has 4 aliphatic rings. The highest BCUT2D eigenvalue weighted by atomic mass is 16.3. The fourth-order valence-electron chi connectivity index (χ4n) is 8.55. The van der Waals surface area contributed by atoms with Crippen LogP contribution in [0.15, 0.2) is 208 Å². The van der Waals surface area contributed by atoms with Crippen molar-refractivity contribution in [1.29, 1.82) is 0 Å². The number of benzene rings is 5. The fraction of sp³-hybridized carbons (Fsp3) is 0.0400. The molecule has 0 bridgehead atoms. The number of allylic oxidation sites excluding steroid dienone is 14. The lowest BCUT2D eigenvalue weighted by Crippen LogP contribution is -2.21. The van der Waals surface area contributed by atoms with Crippen molar-refractivity contribution in [1.82, 2.24) is 9.97 Å². The van der Waals surface area contributed by atoms with Crippen LogP contribution in [0.4, 0.5) is 0 Å². The van der Waals surface area contributed by atoms with Crippen molar-refractivity contribution in [2.75, 3.05) is 0 Å². The van der Waals surface area contributed by atoms with Crippen molar-refractivity contribution in [3.05, 3.63) is 209 Å². The first kappa shape index (κ1) is 29.8. The molecule has 1 unspecified atom stereocenters. The smallest absolute Gasteiger partial charge is 0.161 e. The van der Waals surface area contributed by atoms with Gasteiger partial charge in [-0.1, -0.05) is 152 Å². The lowest BCUT2D eigenvalue weighted by atomic mass is 9.67. The Morgan fingerprint density at radius 1 is 0.566 bits per heavy atom. The van der Waals surface area contributed by atoms with Crippen LogP contribution >= 0.6 is 0 Å². The normalized spacial score (nSPS) is 17.0. The first-order valence-electron chi connectivity index (χ1n) is 18.2. The molecular weight excluding hydrogens is 645 g/mol. The van der Waals surface area contributed by atoms with Crippen LogP contribution in [0, 0.1) is 5.92 Å². The first-order valence-corrected chi connectivity index (χ1v) is 18.2. The largest absolute Gasteiger partial charge is 0.456 e. The van der Waals surface area contributed by atoms with Gasteiger partial charge in [0.1, 0.15) is 11.2 Å². The maximum absolute atomic E-state index is 6.45. The van der Waals surface area contributed by atoms with Crippen molar-refractivity contribution < 1.29 is 4.42 Å². The van der Waals surface area contributed by atoms with Crippen LogP contribution < -0.4 is 0 Å². The predicted octanol–water partition coefficient (Wildman–Crippen LogP) is 12.7. The number of rotatable bonds is 5. The van der Waals surface area contributed by atoms with E-state index in [1.54, 1.807) is 0 Å². The highest BCUT2D eigenvalue weighted by Crippen LogP contribution is 2.50. The molecule has 2 aromatic heterocycles. The molecule has 0 N–H and O–H groups in total. The van der Waals surface area contributed by atoms with Crippen LogP contribution in [-0.2, 0) is 0 Å². The summed E-state index contributed by atoms with van der Waals surface area (Å²) in [4.78, 5) is 10.6. The van der Waals surface area contributed by atoms with E-state index in [2.05, 4.69) is 152 Å². The summed E-state index contributed by atoms with van der Waals surface area (Å²) in [6.45, 7) is 0. The Hall–Kier alpha value is -6.84. The summed E-state index contributed by atoms with van der Waals surface area (Å²) in [5, 5.41) is 2.07. The molecule has 53 heavy (non-hydrogen) atoms. The molecule has 3 nitrogen and oxygen atoms in total. The van der Waals surface area contributed by atoms with Gasteiger partial charge in [-0.05, 0) is 80.8 Å². The minimum Gasteiger partial charge on any atom is -0.456 e. The minimum atomic E-state index is 0.288. The van der Waals surface area contributed by atoms with Gasteiger partial charge >= 0.3 is 0 Å². The van der Waals surface area contributed by atoms with E-state index in [0.29, 0.717) is 5.82 Å². The third-order valence-electron chi connectivity index (χ3n) is 11.0. The lowest BCUT2D eigenvalue weighted by Gasteiger charge is -2.36. The zero-order chi connectivity index (χ0) is 34.9. The second-order valence-electron chi connectivity index (χ2n) is 14.0. The van der Waals surface area contributed by atoms with Crippen LogP contribution in [0.3, 0.4) is 0 Å². The van der Waals surface area contributed by atoms with E-state index in [4.69, 9.17) is 14.4 Å². The lowest BCUT2D eigenvalue weighted by molar-refractivity contribution is 0.669. The zero-order valence-electron chi connectivity index (χ0n) is 28.8. The van der Waals surface area contributed by atoms with Gasteiger partial charge in [-0.25, -0.2) is 9.97 Å². The predicted molar refractivity (Wildman–Crippen MR) is 217 cm³/mol.